The summed E-state index contributed by atoms with van der Waals surface area (Å²) in [6.45, 7) is 0. The third kappa shape index (κ3) is 2.54. The number of rotatable bonds is 4. The molecule has 4 N–H and O–H groups in total. The summed E-state index contributed by atoms with van der Waals surface area (Å²) in [5.41, 5.74) is 5.81. The number of halogens is 1. The van der Waals surface area contributed by atoms with E-state index in [1.54, 1.807) is 7.05 Å². The molecule has 1 aromatic heterocycles. The van der Waals surface area contributed by atoms with Gasteiger partial charge in [-0.05, 0) is 29.0 Å². The Morgan fingerprint density at radius 1 is 1.79 bits per heavy atom. The highest BCUT2D eigenvalue weighted by Gasteiger charge is 2.25. The Hall–Kier alpha value is -0.430. The van der Waals surface area contributed by atoms with Crippen molar-refractivity contribution in [3.63, 3.8) is 0 Å². The summed E-state index contributed by atoms with van der Waals surface area (Å²) in [5, 5.41) is 13.4. The topological polar surface area (TPSA) is 75.3 Å². The van der Waals surface area contributed by atoms with E-state index in [0.717, 1.165) is 9.35 Å². The van der Waals surface area contributed by atoms with Crippen LogP contribution in [0, 0.1) is 0 Å². The lowest BCUT2D eigenvalue weighted by Crippen LogP contribution is -2.42. The van der Waals surface area contributed by atoms with Crippen LogP contribution in [-0.2, 0) is 4.79 Å². The molecule has 0 aromatic carbocycles. The Bertz CT molecular complexity index is 329. The van der Waals surface area contributed by atoms with Crippen LogP contribution in [0.4, 0.5) is 0 Å². The Morgan fingerprint density at radius 2 is 2.43 bits per heavy atom. The predicted molar refractivity (Wildman–Crippen MR) is 59.4 cm³/mol. The number of likely N-dealkylation sites (N-methyl/N-ethyl adjacent to an activating group) is 1. The maximum atomic E-state index is 10.8. The third-order valence-corrected chi connectivity index (χ3v) is 3.65. The zero-order valence-electron chi connectivity index (χ0n) is 7.53. The molecule has 0 saturated carbocycles. The molecule has 14 heavy (non-hydrogen) atoms. The number of nitrogens with two attached hydrogens (primary N) is 1. The molecule has 0 fully saturated rings. The molecule has 4 nitrogen and oxygen atoms in total. The van der Waals surface area contributed by atoms with Crippen molar-refractivity contribution in [3.05, 3.63) is 20.8 Å². The lowest BCUT2D eigenvalue weighted by molar-refractivity contribution is -0.139. The van der Waals surface area contributed by atoms with Crippen molar-refractivity contribution in [2.75, 3.05) is 7.05 Å². The van der Waals surface area contributed by atoms with E-state index in [-0.39, 0.29) is 0 Å². The van der Waals surface area contributed by atoms with Crippen LogP contribution in [-0.4, -0.2) is 24.2 Å². The molecule has 1 aromatic rings. The van der Waals surface area contributed by atoms with Gasteiger partial charge in [0.1, 0.15) is 6.04 Å². The number of nitrogens with one attached hydrogen (secondary N) is 1. The highest BCUT2D eigenvalue weighted by atomic mass is 79.9. The van der Waals surface area contributed by atoms with Gasteiger partial charge in [-0.1, -0.05) is 0 Å². The molecular weight excluding hydrogens is 268 g/mol. The molecule has 0 aliphatic rings. The van der Waals surface area contributed by atoms with E-state index in [0.29, 0.717) is 0 Å². The van der Waals surface area contributed by atoms with Crippen LogP contribution in [0.2, 0.25) is 0 Å². The first-order valence-electron chi connectivity index (χ1n) is 3.96. The Balaban J connectivity index is 2.82. The average Bonchev–Trinajstić information content (AvgIpc) is 2.52. The van der Waals surface area contributed by atoms with Gasteiger partial charge in [-0.15, -0.1) is 11.3 Å². The second-order valence-corrected chi connectivity index (χ2v) is 4.66. The molecule has 1 heterocycles. The SMILES string of the molecule is CNC(C(=O)O)C(N)c1cc(Br)cs1. The number of carboxylic acids is 1. The number of thiophene rings is 1. The van der Waals surface area contributed by atoms with Crippen molar-refractivity contribution >= 4 is 33.2 Å². The largest absolute Gasteiger partial charge is 0.480 e. The van der Waals surface area contributed by atoms with Crippen molar-refractivity contribution in [3.8, 4) is 0 Å². The summed E-state index contributed by atoms with van der Waals surface area (Å²) >= 11 is 4.74. The molecule has 0 radical (unpaired) electrons. The number of hydrogen-bond acceptors (Lipinski definition) is 4. The molecule has 2 atom stereocenters. The van der Waals surface area contributed by atoms with E-state index in [2.05, 4.69) is 21.2 Å². The lowest BCUT2D eigenvalue weighted by atomic mass is 10.1. The summed E-state index contributed by atoms with van der Waals surface area (Å²) in [6.07, 6.45) is 0. The summed E-state index contributed by atoms with van der Waals surface area (Å²) < 4.78 is 0.924. The van der Waals surface area contributed by atoms with E-state index in [9.17, 15) is 4.79 Å². The average molecular weight is 279 g/mol. The van der Waals surface area contributed by atoms with E-state index in [1.807, 2.05) is 11.4 Å². The Kier molecular flexibility index (Phi) is 4.06. The summed E-state index contributed by atoms with van der Waals surface area (Å²) in [5.74, 6) is -0.940. The summed E-state index contributed by atoms with van der Waals surface area (Å²) in [6, 6.07) is 0.567. The minimum atomic E-state index is -0.940. The van der Waals surface area contributed by atoms with Crippen LogP contribution in [0.1, 0.15) is 10.9 Å². The van der Waals surface area contributed by atoms with Gasteiger partial charge in [0, 0.05) is 14.7 Å². The summed E-state index contributed by atoms with van der Waals surface area (Å²) in [4.78, 5) is 11.6. The standard InChI is InChI=1S/C8H11BrN2O2S/c1-11-7(8(12)13)6(10)5-2-4(9)3-14-5/h2-3,6-7,11H,10H2,1H3,(H,12,13). The number of hydrogen-bond donors (Lipinski definition) is 3. The quantitative estimate of drug-likeness (QED) is 0.773. The minimum Gasteiger partial charge on any atom is -0.480 e. The van der Waals surface area contributed by atoms with Crippen LogP contribution < -0.4 is 11.1 Å². The van der Waals surface area contributed by atoms with E-state index in [1.165, 1.54) is 11.3 Å². The third-order valence-electron chi connectivity index (χ3n) is 1.85. The van der Waals surface area contributed by atoms with Gasteiger partial charge < -0.3 is 16.2 Å². The zero-order valence-corrected chi connectivity index (χ0v) is 9.93. The highest BCUT2D eigenvalue weighted by molar-refractivity contribution is 9.10. The van der Waals surface area contributed by atoms with Gasteiger partial charge >= 0.3 is 5.97 Å². The molecule has 6 heteroatoms. The molecule has 0 saturated heterocycles. The van der Waals surface area contributed by atoms with Crippen LogP contribution in [0.3, 0.4) is 0 Å². The molecule has 0 spiro atoms. The van der Waals surface area contributed by atoms with Crippen LogP contribution in [0.5, 0.6) is 0 Å². The molecule has 78 valence electrons. The van der Waals surface area contributed by atoms with E-state index >= 15 is 0 Å². The number of carboxylic acid groups (broad SMARTS) is 1. The smallest absolute Gasteiger partial charge is 0.322 e. The monoisotopic (exact) mass is 278 g/mol. The summed E-state index contributed by atoms with van der Waals surface area (Å²) in [7, 11) is 1.58. The first-order valence-corrected chi connectivity index (χ1v) is 5.63. The van der Waals surface area contributed by atoms with Gasteiger partial charge in [-0.2, -0.15) is 0 Å². The van der Waals surface area contributed by atoms with Gasteiger partial charge in [0.25, 0.3) is 0 Å². The molecular formula is C8H11BrN2O2S. The fourth-order valence-corrected chi connectivity index (χ4v) is 2.61. The number of carbonyl (C=O) groups is 1. The highest BCUT2D eigenvalue weighted by Crippen LogP contribution is 2.26. The first kappa shape index (κ1) is 11.6. The van der Waals surface area contributed by atoms with Crippen molar-refractivity contribution in [2.24, 2.45) is 5.73 Å². The predicted octanol–water partition coefficient (Wildman–Crippen LogP) is 1.18. The van der Waals surface area contributed by atoms with Gasteiger partial charge in [0.2, 0.25) is 0 Å². The Morgan fingerprint density at radius 3 is 2.79 bits per heavy atom. The van der Waals surface area contributed by atoms with Gasteiger partial charge in [-0.25, -0.2) is 0 Å². The van der Waals surface area contributed by atoms with Gasteiger partial charge in [-0.3, -0.25) is 4.79 Å². The van der Waals surface area contributed by atoms with E-state index in [4.69, 9.17) is 10.8 Å². The van der Waals surface area contributed by atoms with Crippen LogP contribution in [0.15, 0.2) is 15.9 Å². The van der Waals surface area contributed by atoms with Crippen molar-refractivity contribution in [2.45, 2.75) is 12.1 Å². The van der Waals surface area contributed by atoms with E-state index < -0.39 is 18.1 Å². The molecule has 1 rings (SSSR count). The van der Waals surface area contributed by atoms with Crippen molar-refractivity contribution in [1.29, 1.82) is 0 Å². The lowest BCUT2D eigenvalue weighted by Gasteiger charge is -2.17. The van der Waals surface area contributed by atoms with Crippen LogP contribution in [0.25, 0.3) is 0 Å². The Labute approximate surface area is 94.2 Å². The molecule has 0 aliphatic heterocycles. The zero-order chi connectivity index (χ0) is 10.7. The second-order valence-electron chi connectivity index (χ2n) is 2.80. The molecule has 0 bridgehead atoms. The number of aliphatic carboxylic acids is 1. The molecule has 0 aliphatic carbocycles. The van der Waals surface area contributed by atoms with Gasteiger partial charge in [0.05, 0.1) is 6.04 Å². The van der Waals surface area contributed by atoms with Crippen molar-refractivity contribution < 1.29 is 9.90 Å². The first-order chi connectivity index (χ1) is 6.56. The second kappa shape index (κ2) is 4.88. The van der Waals surface area contributed by atoms with Gasteiger partial charge in [0.15, 0.2) is 0 Å². The normalized spacial score (nSPS) is 15.1. The maximum absolute atomic E-state index is 10.8. The fraction of sp³-hybridized carbons (Fsp3) is 0.375. The minimum absolute atomic E-state index is 0.520. The van der Waals surface area contributed by atoms with Crippen molar-refractivity contribution in [1.82, 2.24) is 5.32 Å². The van der Waals surface area contributed by atoms with Crippen LogP contribution >= 0.6 is 27.3 Å². The maximum Gasteiger partial charge on any atom is 0.322 e. The molecule has 2 unspecified atom stereocenters. The molecule has 0 amide bonds. The fourth-order valence-electron chi connectivity index (χ4n) is 1.12.